The smallest absolute Gasteiger partial charge is 0.339 e. The largest absolute Gasteiger partial charge is 0.449 e. The van der Waals surface area contributed by atoms with Crippen LogP contribution < -0.4 is 5.32 Å². The number of nitrogens with one attached hydrogen (secondary N) is 1. The number of hydrogen-bond acceptors (Lipinski definition) is 8. The molecule has 0 saturated heterocycles. The monoisotopic (exact) mass is 391 g/mol. The average Bonchev–Trinajstić information content (AvgIpc) is 3.07. The molecule has 0 aliphatic heterocycles. The molecule has 10 heteroatoms. The van der Waals surface area contributed by atoms with Gasteiger partial charge >= 0.3 is 5.97 Å². The average molecular weight is 391 g/mol. The normalized spacial score (nSPS) is 11.3. The molecule has 0 spiro atoms. The molecule has 0 unspecified atom stereocenters. The minimum absolute atomic E-state index is 0.0250. The lowest BCUT2D eigenvalue weighted by Crippen LogP contribution is -2.30. The summed E-state index contributed by atoms with van der Waals surface area (Å²) in [6.07, 6.45) is 0.544. The summed E-state index contributed by atoms with van der Waals surface area (Å²) in [7, 11) is 0. The van der Waals surface area contributed by atoms with Crippen molar-refractivity contribution in [2.75, 3.05) is 11.6 Å². The zero-order valence-electron chi connectivity index (χ0n) is 13.7. The molecule has 0 radical (unpaired) electrons. The molecule has 2 rings (SSSR count). The summed E-state index contributed by atoms with van der Waals surface area (Å²) < 4.78 is 5.07. The summed E-state index contributed by atoms with van der Waals surface area (Å²) in [5, 5.41) is 24.5. The highest BCUT2D eigenvalue weighted by molar-refractivity contribution is 7.98. The van der Waals surface area contributed by atoms with Crippen LogP contribution in [0.5, 0.6) is 0 Å². The summed E-state index contributed by atoms with van der Waals surface area (Å²) >= 11 is 2.36. The minimum atomic E-state index is -1.14. The topological polar surface area (TPSA) is 122 Å². The van der Waals surface area contributed by atoms with Crippen molar-refractivity contribution in [1.82, 2.24) is 0 Å². The lowest BCUT2D eigenvalue weighted by atomic mass is 10.2. The molecule has 0 bridgehead atoms. The molecule has 1 atom stereocenters. The number of amides is 1. The number of hydrogen-bond donors (Lipinski definition) is 1. The maximum Gasteiger partial charge on any atom is 0.339 e. The van der Waals surface area contributed by atoms with E-state index in [9.17, 15) is 19.7 Å². The van der Waals surface area contributed by atoms with Gasteiger partial charge in [0.05, 0.1) is 20.9 Å². The molecule has 0 fully saturated rings. The van der Waals surface area contributed by atoms with Crippen LogP contribution in [0.25, 0.3) is 0 Å². The Morgan fingerprint density at radius 1 is 1.42 bits per heavy atom. The van der Waals surface area contributed by atoms with Gasteiger partial charge in [0.2, 0.25) is 0 Å². The fourth-order valence-corrected chi connectivity index (χ4v) is 3.24. The number of nitriles is 1. The van der Waals surface area contributed by atoms with Crippen LogP contribution in [0, 0.1) is 21.4 Å². The number of anilines is 1. The second-order valence-corrected chi connectivity index (χ2v) is 6.72. The van der Waals surface area contributed by atoms with Crippen LogP contribution in [0.2, 0.25) is 0 Å². The van der Waals surface area contributed by atoms with E-state index in [0.29, 0.717) is 15.5 Å². The van der Waals surface area contributed by atoms with Gasteiger partial charge < -0.3 is 10.1 Å². The Hall–Kier alpha value is -2.90. The Morgan fingerprint density at radius 3 is 2.77 bits per heavy atom. The number of rotatable bonds is 6. The van der Waals surface area contributed by atoms with E-state index in [2.05, 4.69) is 5.32 Å². The summed E-state index contributed by atoms with van der Waals surface area (Å²) in [5.74, 6) is -1.46. The quantitative estimate of drug-likeness (QED) is 0.346. The van der Waals surface area contributed by atoms with Crippen molar-refractivity contribution in [3.05, 3.63) is 50.9 Å². The molecule has 0 aliphatic carbocycles. The molecule has 1 N–H and O–H groups in total. The summed E-state index contributed by atoms with van der Waals surface area (Å²) in [5.41, 5.74) is 0.0782. The van der Waals surface area contributed by atoms with Gasteiger partial charge in [0.15, 0.2) is 6.10 Å². The van der Waals surface area contributed by atoms with E-state index in [1.807, 2.05) is 6.07 Å². The molecule has 1 amide bonds. The van der Waals surface area contributed by atoms with E-state index in [0.717, 1.165) is 6.07 Å². The number of benzene rings is 1. The van der Waals surface area contributed by atoms with E-state index < -0.39 is 22.9 Å². The SMILES string of the molecule is CSc1ccc(C(=O)O[C@@H](C)C(=O)Nc2sccc2C#N)cc1[N+](=O)[O-]. The predicted molar refractivity (Wildman–Crippen MR) is 97.4 cm³/mol. The first-order chi connectivity index (χ1) is 12.4. The van der Waals surface area contributed by atoms with Gasteiger partial charge in [0.25, 0.3) is 11.6 Å². The highest BCUT2D eigenvalue weighted by atomic mass is 32.2. The summed E-state index contributed by atoms with van der Waals surface area (Å²) in [6, 6.07) is 7.47. The van der Waals surface area contributed by atoms with Crippen molar-refractivity contribution in [2.45, 2.75) is 17.9 Å². The Balaban J connectivity index is 2.09. The number of carbonyl (C=O) groups is 2. The Kier molecular flexibility index (Phi) is 6.32. The number of ether oxygens (including phenoxy) is 1. The van der Waals surface area contributed by atoms with Crippen LogP contribution in [0.4, 0.5) is 10.7 Å². The first kappa shape index (κ1) is 19.4. The second-order valence-electron chi connectivity index (χ2n) is 4.96. The fraction of sp³-hybridized carbons (Fsp3) is 0.188. The third-order valence-corrected chi connectivity index (χ3v) is 4.90. The molecule has 134 valence electrons. The molecule has 0 saturated carbocycles. The van der Waals surface area contributed by atoms with Gasteiger partial charge in [-0.2, -0.15) is 5.26 Å². The first-order valence-electron chi connectivity index (χ1n) is 7.19. The highest BCUT2D eigenvalue weighted by Gasteiger charge is 2.23. The van der Waals surface area contributed by atoms with Crippen molar-refractivity contribution < 1.29 is 19.2 Å². The number of nitro benzene ring substituents is 1. The molecular formula is C16H13N3O5S2. The highest BCUT2D eigenvalue weighted by Crippen LogP contribution is 2.28. The number of esters is 1. The molecule has 26 heavy (non-hydrogen) atoms. The molecule has 8 nitrogen and oxygen atoms in total. The molecule has 2 aromatic rings. The third-order valence-electron chi connectivity index (χ3n) is 3.29. The van der Waals surface area contributed by atoms with Crippen LogP contribution in [0.15, 0.2) is 34.5 Å². The van der Waals surface area contributed by atoms with Crippen molar-refractivity contribution in [3.8, 4) is 6.07 Å². The second kappa shape index (κ2) is 8.46. The third kappa shape index (κ3) is 4.38. The number of carbonyl (C=O) groups excluding carboxylic acids is 2. The summed E-state index contributed by atoms with van der Waals surface area (Å²) in [6.45, 7) is 1.37. The zero-order valence-corrected chi connectivity index (χ0v) is 15.3. The standard InChI is InChI=1S/C16H13N3O5S2/c1-9(14(20)18-15-11(8-17)5-6-26-15)24-16(21)10-3-4-13(25-2)12(7-10)19(22)23/h3-7,9H,1-2H3,(H,18,20)/t9-/m0/s1. The Labute approximate surface area is 156 Å². The van der Waals surface area contributed by atoms with E-state index >= 15 is 0 Å². The molecular weight excluding hydrogens is 378 g/mol. The van der Waals surface area contributed by atoms with Crippen LogP contribution in [-0.4, -0.2) is 29.2 Å². The van der Waals surface area contributed by atoms with Crippen LogP contribution in [0.3, 0.4) is 0 Å². The Bertz CT molecular complexity index is 904. The molecule has 1 heterocycles. The van der Waals surface area contributed by atoms with Gasteiger partial charge in [0.1, 0.15) is 11.1 Å². The van der Waals surface area contributed by atoms with Gasteiger partial charge in [-0.1, -0.05) is 0 Å². The lowest BCUT2D eigenvalue weighted by molar-refractivity contribution is -0.387. The van der Waals surface area contributed by atoms with E-state index in [1.54, 1.807) is 17.7 Å². The van der Waals surface area contributed by atoms with Crippen molar-refractivity contribution in [1.29, 1.82) is 5.26 Å². The van der Waals surface area contributed by atoms with Crippen LogP contribution >= 0.6 is 23.1 Å². The maximum atomic E-state index is 12.2. The van der Waals surface area contributed by atoms with Crippen LogP contribution in [-0.2, 0) is 9.53 Å². The number of thiophene rings is 1. The molecule has 1 aromatic heterocycles. The van der Waals surface area contributed by atoms with Crippen molar-refractivity contribution in [2.24, 2.45) is 0 Å². The van der Waals surface area contributed by atoms with Crippen molar-refractivity contribution >= 4 is 45.7 Å². The first-order valence-corrected chi connectivity index (χ1v) is 9.29. The van der Waals surface area contributed by atoms with E-state index in [4.69, 9.17) is 10.00 Å². The fourth-order valence-electron chi connectivity index (χ4n) is 1.95. The molecule has 0 aliphatic rings. The van der Waals surface area contributed by atoms with Crippen molar-refractivity contribution in [3.63, 3.8) is 0 Å². The van der Waals surface area contributed by atoms with Gasteiger partial charge in [-0.15, -0.1) is 23.1 Å². The van der Waals surface area contributed by atoms with Gasteiger partial charge in [-0.05, 0) is 36.8 Å². The number of nitrogens with zero attached hydrogens (tertiary/aromatic N) is 2. The van der Waals surface area contributed by atoms with E-state index in [-0.39, 0.29) is 11.3 Å². The predicted octanol–water partition coefficient (Wildman–Crippen LogP) is 3.43. The van der Waals surface area contributed by atoms with E-state index in [1.165, 1.54) is 42.2 Å². The maximum absolute atomic E-state index is 12.2. The zero-order chi connectivity index (χ0) is 19.3. The lowest BCUT2D eigenvalue weighted by Gasteiger charge is -2.13. The van der Waals surface area contributed by atoms with Gasteiger partial charge in [-0.3, -0.25) is 14.9 Å². The molecule has 1 aromatic carbocycles. The number of thioether (sulfide) groups is 1. The number of nitro groups is 1. The Morgan fingerprint density at radius 2 is 2.15 bits per heavy atom. The van der Waals surface area contributed by atoms with Gasteiger partial charge in [-0.25, -0.2) is 4.79 Å². The minimum Gasteiger partial charge on any atom is -0.449 e. The van der Waals surface area contributed by atoms with Crippen LogP contribution in [0.1, 0.15) is 22.8 Å². The van der Waals surface area contributed by atoms with Gasteiger partial charge in [0, 0.05) is 6.07 Å². The summed E-state index contributed by atoms with van der Waals surface area (Å²) in [4.78, 5) is 35.2.